The van der Waals surface area contributed by atoms with E-state index in [0.717, 1.165) is 33.7 Å². The van der Waals surface area contributed by atoms with Crippen molar-refractivity contribution >= 4 is 141 Å². The van der Waals surface area contributed by atoms with Gasteiger partial charge in [-0.2, -0.15) is 0 Å². The molecule has 0 spiro atoms. The molecule has 0 aliphatic carbocycles. The maximum atomic E-state index is 15.3. The first kappa shape index (κ1) is 47.1. The molecule has 0 unspecified atom stereocenters. The molecule has 0 bridgehead atoms. The number of aromatic nitrogens is 4. The van der Waals surface area contributed by atoms with Crippen LogP contribution in [0.25, 0.3) is 42.2 Å². The Bertz CT molecular complexity index is 3840. The third-order valence-electron chi connectivity index (χ3n) is 9.84. The molecule has 4 aromatic carbocycles. The molecule has 0 saturated carbocycles. The molecular weight excluding hydrogens is 1020 g/mol. The highest BCUT2D eigenvalue weighted by Crippen LogP contribution is 2.34. The number of carbonyl (C=O) groups excluding carboxylic acids is 2. The summed E-state index contributed by atoms with van der Waals surface area (Å²) in [7, 11) is -2.56. The van der Waals surface area contributed by atoms with E-state index >= 15 is 4.39 Å². The summed E-state index contributed by atoms with van der Waals surface area (Å²) in [5.74, 6) is -6.33. The number of rotatable bonds is 8. The summed E-state index contributed by atoms with van der Waals surface area (Å²) in [6.07, 6.45) is 5.36. The van der Waals surface area contributed by atoms with Crippen LogP contribution in [0.3, 0.4) is 0 Å². The largest absolute Gasteiger partial charge is 0.396 e. The van der Waals surface area contributed by atoms with Crippen molar-refractivity contribution < 1.29 is 44.0 Å². The first-order valence-corrected chi connectivity index (χ1v) is 25.1. The van der Waals surface area contributed by atoms with Crippen LogP contribution in [0.5, 0.6) is 0 Å². The van der Waals surface area contributed by atoms with Crippen molar-refractivity contribution in [2.45, 2.75) is 9.79 Å². The number of thiophene rings is 2. The van der Waals surface area contributed by atoms with Gasteiger partial charge in [0.15, 0.2) is 11.6 Å². The topological polar surface area (TPSA) is 198 Å². The second-order valence-corrected chi connectivity index (χ2v) is 20.9. The van der Waals surface area contributed by atoms with Crippen LogP contribution in [0.1, 0.15) is 31.8 Å². The third-order valence-corrected chi connectivity index (χ3v) is 15.2. The number of benzene rings is 4. The Hall–Kier alpha value is -6.39. The summed E-state index contributed by atoms with van der Waals surface area (Å²) in [5, 5.41) is 5.37. The number of nitrogen functional groups attached to an aromatic ring is 1. The predicted molar refractivity (Wildman–Crippen MR) is 254 cm³/mol. The van der Waals surface area contributed by atoms with E-state index in [4.69, 9.17) is 39.6 Å². The van der Waals surface area contributed by atoms with E-state index in [1.807, 2.05) is 12.1 Å². The molecule has 340 valence electrons. The highest BCUT2D eigenvalue weighted by Gasteiger charge is 2.28. The van der Waals surface area contributed by atoms with E-state index < -0.39 is 70.7 Å². The van der Waals surface area contributed by atoms with Gasteiger partial charge >= 0.3 is 0 Å². The Morgan fingerprint density at radius 1 is 0.627 bits per heavy atom. The van der Waals surface area contributed by atoms with Gasteiger partial charge in [0.05, 0.1) is 32.5 Å². The van der Waals surface area contributed by atoms with Crippen LogP contribution in [0.15, 0.2) is 130 Å². The number of ketones is 2. The zero-order valence-electron chi connectivity index (χ0n) is 33.2. The van der Waals surface area contributed by atoms with Crippen molar-refractivity contribution in [1.82, 2.24) is 19.9 Å². The summed E-state index contributed by atoms with van der Waals surface area (Å²) in [6.45, 7) is 0. The Morgan fingerprint density at radius 2 is 1.09 bits per heavy atom. The normalized spacial score (nSPS) is 11.6. The summed E-state index contributed by atoms with van der Waals surface area (Å²) in [6, 6.07) is 20.8. The highest BCUT2D eigenvalue weighted by atomic mass is 35.7. The van der Waals surface area contributed by atoms with Crippen LogP contribution in [0.4, 0.5) is 28.9 Å². The maximum Gasteiger partial charge on any atom is 0.263 e. The second-order valence-electron chi connectivity index (χ2n) is 14.0. The van der Waals surface area contributed by atoms with Crippen LogP contribution < -0.4 is 10.5 Å². The molecule has 10 rings (SSSR count). The van der Waals surface area contributed by atoms with Gasteiger partial charge in [-0.1, -0.05) is 59.6 Å². The monoisotopic (exact) mass is 1040 g/mol. The number of H-pyrrole nitrogens is 2. The quantitative estimate of drug-likeness (QED) is 0.0495. The summed E-state index contributed by atoms with van der Waals surface area (Å²) < 4.78 is 109. The fourth-order valence-corrected chi connectivity index (χ4v) is 12.1. The molecule has 0 fully saturated rings. The average molecular weight is 1040 g/mol. The number of aromatic amines is 2. The van der Waals surface area contributed by atoms with Gasteiger partial charge in [0, 0.05) is 88.3 Å². The molecule has 10 aromatic rings. The van der Waals surface area contributed by atoms with Gasteiger partial charge in [0.2, 0.25) is 11.6 Å². The first-order chi connectivity index (χ1) is 31.8. The average Bonchev–Trinajstić information content (AvgIpc) is 4.11. The van der Waals surface area contributed by atoms with E-state index in [-0.39, 0.29) is 37.0 Å². The van der Waals surface area contributed by atoms with Crippen LogP contribution in [-0.4, -0.2) is 48.3 Å². The van der Waals surface area contributed by atoms with Crippen LogP contribution in [0, 0.1) is 23.3 Å². The number of pyridine rings is 2. The SMILES string of the molecule is Nc1ccc(F)c(C(=O)c2c[nH]c3ncc(Cl)cc23)c1F.O=C(c1c(F)ccc(NS(=O)(=O)c2csc3ccccc23)c1F)c1c[nH]c2ncc(Cl)cc12.O=S(=O)(Cl)c1csc2ccccc12. The fraction of sp³-hybridized carbons (Fsp3) is 0. The van der Waals surface area contributed by atoms with E-state index in [1.165, 1.54) is 65.0 Å². The molecule has 6 aromatic heterocycles. The molecule has 5 N–H and O–H groups in total. The minimum atomic E-state index is -4.22. The van der Waals surface area contributed by atoms with Crippen molar-refractivity contribution in [2.75, 3.05) is 10.5 Å². The molecule has 67 heavy (non-hydrogen) atoms. The van der Waals surface area contributed by atoms with Crippen molar-refractivity contribution in [3.8, 4) is 0 Å². The minimum absolute atomic E-state index is 0.0444. The number of fused-ring (bicyclic) bond motifs is 4. The molecule has 0 aliphatic heterocycles. The number of anilines is 2. The first-order valence-electron chi connectivity index (χ1n) is 18.8. The fourth-order valence-electron chi connectivity index (χ4n) is 6.72. The van der Waals surface area contributed by atoms with Gasteiger partial charge in [0.1, 0.15) is 32.7 Å². The summed E-state index contributed by atoms with van der Waals surface area (Å²) >= 11 is 14.4. The molecule has 12 nitrogen and oxygen atoms in total. The summed E-state index contributed by atoms with van der Waals surface area (Å²) in [5.41, 5.74) is 3.67. The van der Waals surface area contributed by atoms with Gasteiger partial charge in [-0.3, -0.25) is 14.3 Å². The van der Waals surface area contributed by atoms with Crippen molar-refractivity contribution in [2.24, 2.45) is 0 Å². The van der Waals surface area contributed by atoms with Crippen molar-refractivity contribution in [1.29, 1.82) is 0 Å². The Morgan fingerprint density at radius 3 is 1.61 bits per heavy atom. The minimum Gasteiger partial charge on any atom is -0.396 e. The highest BCUT2D eigenvalue weighted by molar-refractivity contribution is 8.14. The Balaban J connectivity index is 0.000000152. The zero-order chi connectivity index (χ0) is 47.9. The van der Waals surface area contributed by atoms with Gasteiger partial charge in [-0.25, -0.2) is 44.4 Å². The zero-order valence-corrected chi connectivity index (χ0v) is 38.8. The number of halogens is 7. The number of nitrogens with zero attached hydrogens (tertiary/aromatic N) is 2. The van der Waals surface area contributed by atoms with Gasteiger partial charge < -0.3 is 15.7 Å². The lowest BCUT2D eigenvalue weighted by Crippen LogP contribution is -2.16. The summed E-state index contributed by atoms with van der Waals surface area (Å²) in [4.78, 5) is 39.1. The molecule has 0 aliphatic rings. The Kier molecular flexibility index (Phi) is 13.2. The third kappa shape index (κ3) is 9.46. The number of hydrogen-bond donors (Lipinski definition) is 4. The number of sulfonamides is 1. The maximum absolute atomic E-state index is 15.3. The van der Waals surface area contributed by atoms with Gasteiger partial charge in [0.25, 0.3) is 19.1 Å². The molecule has 0 amide bonds. The lowest BCUT2D eigenvalue weighted by Gasteiger charge is -2.11. The molecule has 0 saturated heterocycles. The molecule has 0 radical (unpaired) electrons. The smallest absolute Gasteiger partial charge is 0.263 e. The van der Waals surface area contributed by atoms with Crippen LogP contribution >= 0.6 is 56.6 Å². The van der Waals surface area contributed by atoms with E-state index in [0.29, 0.717) is 32.5 Å². The molecule has 6 heterocycles. The number of carbonyl (C=O) groups is 2. The number of hydrogen-bond acceptors (Lipinski definition) is 11. The van der Waals surface area contributed by atoms with E-state index in [2.05, 4.69) is 24.7 Å². The lowest BCUT2D eigenvalue weighted by molar-refractivity contribution is 0.102. The van der Waals surface area contributed by atoms with E-state index in [1.54, 1.807) is 41.8 Å². The molecule has 0 atom stereocenters. The van der Waals surface area contributed by atoms with Crippen LogP contribution in [0.2, 0.25) is 10.0 Å². The molecule has 23 heteroatoms. The van der Waals surface area contributed by atoms with Gasteiger partial charge in [-0.15, -0.1) is 22.7 Å². The predicted octanol–water partition coefficient (Wildman–Crippen LogP) is 11.9. The molecular formula is C44H25Cl3F4N6O6S4. The standard InChI is InChI=1S/C22H12ClF2N3O3S2.C14H8ClF2N3O.C8H5ClO2S2/c23-11-7-13-14(9-27-22(13)26-8-11)21(29)19-15(24)5-6-16(20(19)25)28-33(30,31)18-10-32-17-4-2-1-3-12(17)18;15-6-3-7-8(5-20-14(7)19-4-6)13(21)11-9(16)1-2-10(18)12(11)17;9-13(10,11)8-5-12-7-4-2-1-3-6(7)8/h1-10,28H,(H,26,27);1-5H,18H2,(H,19,20);1-5H. The second kappa shape index (κ2) is 18.7. The van der Waals surface area contributed by atoms with Gasteiger partial charge in [-0.05, 0) is 48.5 Å². The van der Waals surface area contributed by atoms with Crippen molar-refractivity contribution in [3.63, 3.8) is 0 Å². The van der Waals surface area contributed by atoms with E-state index in [9.17, 15) is 39.6 Å². The lowest BCUT2D eigenvalue weighted by atomic mass is 10.0. The van der Waals surface area contributed by atoms with Crippen molar-refractivity contribution in [3.05, 3.63) is 176 Å². The number of nitrogens with one attached hydrogen (secondary N) is 3. The number of nitrogens with two attached hydrogens (primary N) is 1. The Labute approximate surface area is 398 Å². The van der Waals surface area contributed by atoms with Crippen LogP contribution in [-0.2, 0) is 19.1 Å².